The van der Waals surface area contributed by atoms with Gasteiger partial charge in [0.25, 0.3) is 0 Å². The van der Waals surface area contributed by atoms with Gasteiger partial charge in [0.1, 0.15) is 5.82 Å². The molecule has 1 N–H and O–H groups in total. The molecule has 0 radical (unpaired) electrons. The van der Waals surface area contributed by atoms with E-state index in [-0.39, 0.29) is 29.7 Å². The van der Waals surface area contributed by atoms with Gasteiger partial charge < -0.3 is 14.7 Å². The average Bonchev–Trinajstić information content (AvgIpc) is 3.13. The molecule has 0 spiro atoms. The molecule has 0 bridgehead atoms. The van der Waals surface area contributed by atoms with E-state index in [1.54, 1.807) is 18.2 Å². The normalized spacial score (nSPS) is 25.2. The number of carbonyl (C=O) groups excluding carboxylic acids is 1. The summed E-state index contributed by atoms with van der Waals surface area (Å²) in [7, 11) is 0. The molecule has 1 aromatic rings. The molecule has 6 heteroatoms. The van der Waals surface area contributed by atoms with Crippen molar-refractivity contribution in [3.8, 4) is 0 Å². The van der Waals surface area contributed by atoms with Crippen molar-refractivity contribution < 1.29 is 23.8 Å². The van der Waals surface area contributed by atoms with Gasteiger partial charge in [-0.15, -0.1) is 0 Å². The van der Waals surface area contributed by atoms with Crippen LogP contribution in [0.3, 0.4) is 0 Å². The number of carboxylic acid groups (broad SMARTS) is 1. The quantitative estimate of drug-likeness (QED) is 0.874. The molecule has 2 aliphatic rings. The molecule has 5 nitrogen and oxygen atoms in total. The molecule has 0 aliphatic carbocycles. The summed E-state index contributed by atoms with van der Waals surface area (Å²) in [6, 6.07) is 6.56. The van der Waals surface area contributed by atoms with E-state index in [0.717, 1.165) is 12.8 Å². The third-order valence-corrected chi connectivity index (χ3v) is 5.67. The molecule has 2 fully saturated rings. The fourth-order valence-corrected chi connectivity index (χ4v) is 4.18. The van der Waals surface area contributed by atoms with Gasteiger partial charge in [-0.1, -0.05) is 25.1 Å². The highest BCUT2D eigenvalue weighted by molar-refractivity contribution is 5.79. The molecule has 1 aromatic carbocycles. The van der Waals surface area contributed by atoms with Crippen molar-refractivity contribution in [3.63, 3.8) is 0 Å². The second-order valence-electron chi connectivity index (χ2n) is 7.43. The number of hydrogen-bond acceptors (Lipinski definition) is 3. The number of ether oxygens (including phenoxy) is 1. The number of piperidine rings is 1. The van der Waals surface area contributed by atoms with Crippen LogP contribution in [0.1, 0.15) is 31.7 Å². The van der Waals surface area contributed by atoms with Gasteiger partial charge in [0.05, 0.1) is 12.0 Å². The van der Waals surface area contributed by atoms with Crippen molar-refractivity contribution in [1.82, 2.24) is 4.90 Å². The van der Waals surface area contributed by atoms with E-state index in [2.05, 4.69) is 0 Å². The Morgan fingerprint density at radius 1 is 1.27 bits per heavy atom. The third kappa shape index (κ3) is 4.06. The van der Waals surface area contributed by atoms with E-state index < -0.39 is 11.9 Å². The van der Waals surface area contributed by atoms with Crippen LogP contribution < -0.4 is 0 Å². The summed E-state index contributed by atoms with van der Waals surface area (Å²) in [4.78, 5) is 25.9. The Hall–Kier alpha value is -1.95. The Morgan fingerprint density at radius 3 is 2.62 bits per heavy atom. The first-order valence-corrected chi connectivity index (χ1v) is 9.34. The van der Waals surface area contributed by atoms with E-state index >= 15 is 0 Å². The fraction of sp³-hybridized carbons (Fsp3) is 0.600. The molecule has 2 heterocycles. The number of hydrogen-bond donors (Lipinski definition) is 1. The summed E-state index contributed by atoms with van der Waals surface area (Å²) in [5.41, 5.74) is 0.562. The smallest absolute Gasteiger partial charge is 0.309 e. The van der Waals surface area contributed by atoms with Crippen LogP contribution in [0, 0.1) is 23.6 Å². The molecule has 1 amide bonds. The van der Waals surface area contributed by atoms with Gasteiger partial charge >= 0.3 is 5.97 Å². The Balaban J connectivity index is 1.53. The maximum absolute atomic E-state index is 13.8. The molecular formula is C20H26FNO4. The predicted molar refractivity (Wildman–Crippen MR) is 94.1 cm³/mol. The zero-order valence-corrected chi connectivity index (χ0v) is 15.1. The first-order chi connectivity index (χ1) is 12.5. The minimum Gasteiger partial charge on any atom is -0.481 e. The van der Waals surface area contributed by atoms with E-state index in [1.807, 2.05) is 11.8 Å². The lowest BCUT2D eigenvalue weighted by molar-refractivity contribution is -0.146. The van der Waals surface area contributed by atoms with Crippen LogP contribution >= 0.6 is 0 Å². The molecule has 2 saturated heterocycles. The van der Waals surface area contributed by atoms with Crippen LogP contribution in [0.4, 0.5) is 4.39 Å². The van der Waals surface area contributed by atoms with Crippen LogP contribution in [0.2, 0.25) is 0 Å². The molecule has 0 aromatic heterocycles. The van der Waals surface area contributed by atoms with Gasteiger partial charge in [-0.25, -0.2) is 4.39 Å². The maximum atomic E-state index is 13.8. The SMILES string of the molecule is CC(Cc1ccccc1F)C(=O)N1CCC([C@@H]2OCCC2C(=O)O)CC1. The highest BCUT2D eigenvalue weighted by Gasteiger charge is 2.41. The standard InChI is InChI=1S/C20H26FNO4/c1-13(12-15-4-2-3-5-17(15)21)19(23)22-9-6-14(7-10-22)18-16(20(24)25)8-11-26-18/h2-5,13-14,16,18H,6-12H2,1H3,(H,24,25)/t13?,16?,18-/m0/s1. The molecule has 2 aliphatic heterocycles. The van der Waals surface area contributed by atoms with Crippen LogP contribution in [-0.2, 0) is 20.7 Å². The largest absolute Gasteiger partial charge is 0.481 e. The predicted octanol–water partition coefficient (Wildman–Crippen LogP) is 2.73. The summed E-state index contributed by atoms with van der Waals surface area (Å²) in [5.74, 6) is -1.55. The van der Waals surface area contributed by atoms with E-state index in [0.29, 0.717) is 38.1 Å². The van der Waals surface area contributed by atoms with Gasteiger partial charge in [0, 0.05) is 25.6 Å². The number of benzene rings is 1. The highest BCUT2D eigenvalue weighted by atomic mass is 19.1. The topological polar surface area (TPSA) is 66.8 Å². The monoisotopic (exact) mass is 363 g/mol. The average molecular weight is 363 g/mol. The van der Waals surface area contributed by atoms with Gasteiger partial charge in [0.15, 0.2) is 0 Å². The number of amides is 1. The molecule has 3 rings (SSSR count). The Labute approximate surface area is 153 Å². The van der Waals surface area contributed by atoms with Gasteiger partial charge in [-0.05, 0) is 43.2 Å². The van der Waals surface area contributed by atoms with Crippen molar-refractivity contribution in [3.05, 3.63) is 35.6 Å². The third-order valence-electron chi connectivity index (χ3n) is 5.67. The lowest BCUT2D eigenvalue weighted by Crippen LogP contribution is -2.45. The van der Waals surface area contributed by atoms with E-state index in [1.165, 1.54) is 6.07 Å². The summed E-state index contributed by atoms with van der Waals surface area (Å²) < 4.78 is 19.5. The Kier molecular flexibility index (Phi) is 5.91. The Bertz CT molecular complexity index is 657. The minimum atomic E-state index is -0.787. The molecule has 3 atom stereocenters. The van der Waals surface area contributed by atoms with E-state index in [4.69, 9.17) is 4.74 Å². The number of aliphatic carboxylic acids is 1. The van der Waals surface area contributed by atoms with Crippen LogP contribution in [0.25, 0.3) is 0 Å². The fourth-order valence-electron chi connectivity index (χ4n) is 4.18. The minimum absolute atomic E-state index is 0.0360. The first-order valence-electron chi connectivity index (χ1n) is 9.34. The number of carboxylic acids is 1. The summed E-state index contributed by atoms with van der Waals surface area (Å²) in [6.45, 7) is 3.55. The maximum Gasteiger partial charge on any atom is 0.309 e. The van der Waals surface area contributed by atoms with Gasteiger partial charge in [-0.2, -0.15) is 0 Å². The van der Waals surface area contributed by atoms with E-state index in [9.17, 15) is 19.1 Å². The second-order valence-corrected chi connectivity index (χ2v) is 7.43. The number of rotatable bonds is 5. The zero-order chi connectivity index (χ0) is 18.7. The molecule has 0 saturated carbocycles. The number of carbonyl (C=O) groups is 2. The number of likely N-dealkylation sites (tertiary alicyclic amines) is 1. The number of nitrogens with zero attached hydrogens (tertiary/aromatic N) is 1. The zero-order valence-electron chi connectivity index (χ0n) is 15.1. The van der Waals surface area contributed by atoms with Crippen LogP contribution in [-0.4, -0.2) is 47.7 Å². The van der Waals surface area contributed by atoms with Crippen molar-refractivity contribution >= 4 is 11.9 Å². The molecular weight excluding hydrogens is 337 g/mol. The van der Waals surface area contributed by atoms with Crippen LogP contribution in [0.15, 0.2) is 24.3 Å². The van der Waals surface area contributed by atoms with Gasteiger partial charge in [0.2, 0.25) is 5.91 Å². The van der Waals surface area contributed by atoms with Crippen molar-refractivity contribution in [1.29, 1.82) is 0 Å². The summed E-state index contributed by atoms with van der Waals surface area (Å²) in [6.07, 6.45) is 2.23. The van der Waals surface area contributed by atoms with Crippen molar-refractivity contribution in [2.24, 2.45) is 17.8 Å². The van der Waals surface area contributed by atoms with Gasteiger partial charge in [-0.3, -0.25) is 9.59 Å². The number of halogens is 1. The molecule has 142 valence electrons. The van der Waals surface area contributed by atoms with Crippen LogP contribution in [0.5, 0.6) is 0 Å². The second kappa shape index (κ2) is 8.16. The highest BCUT2D eigenvalue weighted by Crippen LogP contribution is 2.33. The molecule has 2 unspecified atom stereocenters. The lowest BCUT2D eigenvalue weighted by atomic mass is 9.84. The summed E-state index contributed by atoms with van der Waals surface area (Å²) in [5, 5.41) is 9.31. The Morgan fingerprint density at radius 2 is 1.96 bits per heavy atom. The first kappa shape index (κ1) is 18.8. The molecule has 26 heavy (non-hydrogen) atoms. The lowest BCUT2D eigenvalue weighted by Gasteiger charge is -2.36. The van der Waals surface area contributed by atoms with Crippen molar-refractivity contribution in [2.45, 2.75) is 38.7 Å². The summed E-state index contributed by atoms with van der Waals surface area (Å²) >= 11 is 0. The van der Waals surface area contributed by atoms with Crippen molar-refractivity contribution in [2.75, 3.05) is 19.7 Å².